The molecule has 0 spiro atoms. The molecule has 0 radical (unpaired) electrons. The third-order valence-electron chi connectivity index (χ3n) is 25.3. The first-order chi connectivity index (χ1) is 61.4. The molecule has 16 heterocycles. The number of ether oxygens (including phenoxy) is 2. The summed E-state index contributed by atoms with van der Waals surface area (Å²) in [6.07, 6.45) is 19.2. The van der Waals surface area contributed by atoms with E-state index in [-0.39, 0.29) is 48.6 Å². The SMILES string of the molecule is CC1NC(=O)c2c(Nc3ccc(N4CCC(O)CC4)cn3)ccc(-c3ccnc4c3ccn4C)c21.CC1c2c(-c3ccnc4c3ccn4C)ccc(Nc3ccc(N4CCC(O)CC4)cn3)c2C(=O)N1C(=O)OC(C)(C)C.CC1c2c(Cl)ccc(Nc3ccc(N4CCC(O)CC4)cn3)c2C(=O)N1C(=O)OC(C)(C)C.Cn1ccc2c(B3OC(C)(C)C(C)(C)O3)ccnc21. The molecule has 3 atom stereocenters. The molecule has 7 aliphatic rings. The second kappa shape index (κ2) is 35.8. The van der Waals surface area contributed by atoms with Crippen LogP contribution >= 0.6 is 11.6 Å². The molecule has 7 aliphatic heterocycles. The van der Waals surface area contributed by atoms with Gasteiger partial charge in [-0.3, -0.25) is 14.4 Å². The fourth-order valence-electron chi connectivity index (χ4n) is 17.8. The number of benzene rings is 3. The number of amides is 5. The van der Waals surface area contributed by atoms with Crippen LogP contribution in [0.3, 0.4) is 0 Å². The normalized spacial score (nSPS) is 18.6. The second-order valence-corrected chi connectivity index (χ2v) is 37.5. The van der Waals surface area contributed by atoms with Crippen LogP contribution in [0.25, 0.3) is 55.4 Å². The maximum Gasteiger partial charge on any atom is 0.495 e. The van der Waals surface area contributed by atoms with Gasteiger partial charge in [-0.1, -0.05) is 23.7 Å². The number of rotatable bonds is 12. The van der Waals surface area contributed by atoms with E-state index in [4.69, 9.17) is 30.4 Å². The van der Waals surface area contributed by atoms with Crippen molar-refractivity contribution in [1.29, 1.82) is 0 Å². The molecule has 672 valence electrons. The lowest BCUT2D eigenvalue weighted by Gasteiger charge is -2.32. The van der Waals surface area contributed by atoms with Gasteiger partial charge in [0.25, 0.3) is 17.7 Å². The van der Waals surface area contributed by atoms with Crippen LogP contribution in [0.15, 0.2) is 165 Å². The highest BCUT2D eigenvalue weighted by atomic mass is 35.5. The number of aromatic nitrogens is 9. The third-order valence-corrected chi connectivity index (χ3v) is 25.6. The molecule has 0 saturated carbocycles. The molecule has 30 nitrogen and oxygen atoms in total. The fourth-order valence-corrected chi connectivity index (χ4v) is 18.1. The number of piperidine rings is 3. The topological polar surface area (TPSA) is 339 Å². The summed E-state index contributed by atoms with van der Waals surface area (Å²) in [5, 5.41) is 45.8. The van der Waals surface area contributed by atoms with Gasteiger partial charge >= 0.3 is 19.3 Å². The number of fused-ring (bicyclic) bond motifs is 6. The van der Waals surface area contributed by atoms with Gasteiger partial charge in [0.2, 0.25) is 0 Å². The molecular formula is C97H112BClN18O12. The molecule has 12 aromatic rings. The van der Waals surface area contributed by atoms with Crippen molar-refractivity contribution in [3.8, 4) is 22.3 Å². The first kappa shape index (κ1) is 89.9. The molecule has 4 saturated heterocycles. The summed E-state index contributed by atoms with van der Waals surface area (Å²) >= 11 is 6.43. The molecule has 129 heavy (non-hydrogen) atoms. The number of hydrogen-bond acceptors (Lipinski definition) is 24. The lowest BCUT2D eigenvalue weighted by atomic mass is 9.78. The van der Waals surface area contributed by atoms with Crippen molar-refractivity contribution in [2.24, 2.45) is 21.1 Å². The number of pyridine rings is 6. The van der Waals surface area contributed by atoms with E-state index < -0.39 is 47.3 Å². The molecule has 7 N–H and O–H groups in total. The Kier molecular flexibility index (Phi) is 25.0. The average molecular weight is 1770 g/mol. The minimum atomic E-state index is -0.755. The minimum Gasteiger partial charge on any atom is -0.443 e. The Morgan fingerprint density at radius 2 is 0.814 bits per heavy atom. The van der Waals surface area contributed by atoms with Gasteiger partial charge in [0.05, 0.1) is 117 Å². The summed E-state index contributed by atoms with van der Waals surface area (Å²) in [4.78, 5) is 102. The molecule has 32 heteroatoms. The zero-order valence-electron chi connectivity index (χ0n) is 75.8. The molecule has 3 aromatic carbocycles. The number of aliphatic hydroxyl groups is 3. The largest absolute Gasteiger partial charge is 0.495 e. The standard InChI is InChI=1S/C32H36N6O4.C27H28N6O2.C24H29ClN4O4.C14H19BN2O2/c1-19-27-23(22-10-14-33-29-24(22)13-15-36(29)5)7-8-25(28(27)30(40)38(19)31(41)42-32(2,3)4)35-26-9-6-20(18-34-26)37-16-11-21(39)12-17-37;1-16-24-20(19-7-11-28-26-21(19)10-12-32(26)2)4-5-22(25(24)27(35)30-16)31-23-6-3-17(15-29-23)33-13-8-18(34)9-14-33;1-14-20-17(25)6-7-18(21(20)22(31)29(14)23(32)33-24(2,3)4)27-19-8-5-15(13-26-19)28-11-9-16(30)10-12-28;1-13(2)14(3,4)19-15(18-13)11-6-8-16-12-10(11)7-9-17(12)5/h6-10,13-15,18-19,21,39H,11-12,16-17H2,1-5H3,(H,34,35);3-7,10-12,15-16,18,34H,8-9,13-14H2,1-2H3,(H,29,31)(H,30,35);5-8,13-14,16,30H,9-12H2,1-4H3,(H,26,27);6-9H,1-5H3. The van der Waals surface area contributed by atoms with Gasteiger partial charge in [0.15, 0.2) is 0 Å². The molecule has 5 amide bonds. The van der Waals surface area contributed by atoms with E-state index >= 15 is 0 Å². The highest BCUT2D eigenvalue weighted by Crippen LogP contribution is 2.49. The van der Waals surface area contributed by atoms with E-state index in [1.54, 1.807) is 79.2 Å². The van der Waals surface area contributed by atoms with E-state index in [1.807, 2.05) is 165 Å². The Balaban J connectivity index is 0.000000130. The van der Waals surface area contributed by atoms with Crippen LogP contribution in [0.2, 0.25) is 5.02 Å². The van der Waals surface area contributed by atoms with Gasteiger partial charge in [-0.15, -0.1) is 0 Å². The first-order valence-corrected chi connectivity index (χ1v) is 44.4. The lowest BCUT2D eigenvalue weighted by Crippen LogP contribution is -2.41. The summed E-state index contributed by atoms with van der Waals surface area (Å²) in [6, 6.07) is 33.8. The van der Waals surface area contributed by atoms with Crippen LogP contribution in [-0.4, -0.2) is 186 Å². The van der Waals surface area contributed by atoms with Crippen molar-refractivity contribution in [3.05, 3.63) is 203 Å². The average Bonchev–Trinajstić information content (AvgIpc) is 1.60. The van der Waals surface area contributed by atoms with Crippen LogP contribution in [0, 0.1) is 0 Å². The Labute approximate surface area is 755 Å². The van der Waals surface area contributed by atoms with Crippen LogP contribution in [0.1, 0.15) is 194 Å². The number of anilines is 9. The Morgan fingerprint density at radius 3 is 1.21 bits per heavy atom. The van der Waals surface area contributed by atoms with E-state index in [1.165, 1.54) is 4.90 Å². The smallest absolute Gasteiger partial charge is 0.443 e. The number of imide groups is 2. The fraction of sp³-hybridized carbons (Fsp3) is 0.392. The Hall–Kier alpha value is -12.5. The number of aryl methyl sites for hydroxylation is 3. The Bertz CT molecular complexity index is 6230. The number of aliphatic hydroxyl groups excluding tert-OH is 3. The van der Waals surface area contributed by atoms with Crippen LogP contribution in [0.4, 0.5) is 61.2 Å². The predicted molar refractivity (Wildman–Crippen MR) is 503 cm³/mol. The van der Waals surface area contributed by atoms with Crippen molar-refractivity contribution >= 4 is 139 Å². The maximum absolute atomic E-state index is 14.0. The van der Waals surface area contributed by atoms with Crippen molar-refractivity contribution in [2.75, 3.05) is 69.9 Å². The van der Waals surface area contributed by atoms with Gasteiger partial charge in [-0.05, 0) is 264 Å². The summed E-state index contributed by atoms with van der Waals surface area (Å²) < 4.78 is 29.3. The van der Waals surface area contributed by atoms with Gasteiger partial charge in [0, 0.05) is 124 Å². The number of halogens is 1. The Morgan fingerprint density at radius 1 is 0.457 bits per heavy atom. The van der Waals surface area contributed by atoms with Crippen LogP contribution < -0.4 is 41.4 Å². The van der Waals surface area contributed by atoms with Gasteiger partial charge in [-0.2, -0.15) is 0 Å². The monoisotopic (exact) mass is 1770 g/mol. The molecule has 9 aromatic heterocycles. The van der Waals surface area contributed by atoms with E-state index in [9.17, 15) is 39.3 Å². The molecular weight excluding hydrogens is 1660 g/mol. The number of nitrogens with one attached hydrogen (secondary N) is 4. The van der Waals surface area contributed by atoms with Crippen molar-refractivity contribution < 1.29 is 58.1 Å². The van der Waals surface area contributed by atoms with E-state index in [0.717, 1.165) is 177 Å². The van der Waals surface area contributed by atoms with Crippen molar-refractivity contribution in [2.45, 2.75) is 187 Å². The first-order valence-electron chi connectivity index (χ1n) is 44.0. The highest BCUT2D eigenvalue weighted by Gasteiger charge is 2.53. The second-order valence-electron chi connectivity index (χ2n) is 37.1. The van der Waals surface area contributed by atoms with Gasteiger partial charge in [0.1, 0.15) is 45.6 Å². The van der Waals surface area contributed by atoms with Gasteiger partial charge in [-0.25, -0.2) is 49.3 Å². The highest BCUT2D eigenvalue weighted by molar-refractivity contribution is 6.65. The number of carbonyl (C=O) groups excluding carboxylic acids is 5. The quantitative estimate of drug-likeness (QED) is 0.0559. The maximum atomic E-state index is 14.0. The van der Waals surface area contributed by atoms with E-state index in [2.05, 4.69) is 112 Å². The van der Waals surface area contributed by atoms with Crippen LogP contribution in [-0.2, 0) is 39.9 Å². The van der Waals surface area contributed by atoms with E-state index in [0.29, 0.717) is 56.1 Å². The molecule has 3 unspecified atom stereocenters. The van der Waals surface area contributed by atoms with Crippen molar-refractivity contribution in [1.82, 2.24) is 58.7 Å². The molecule has 19 rings (SSSR count). The zero-order chi connectivity index (χ0) is 91.6. The number of hydrogen-bond donors (Lipinski definition) is 7. The molecule has 0 aliphatic carbocycles. The zero-order valence-corrected chi connectivity index (χ0v) is 76.5. The molecule has 0 bridgehead atoms. The number of nitrogens with zero attached hydrogens (tertiary/aromatic N) is 14. The van der Waals surface area contributed by atoms with Gasteiger partial charge < -0.3 is 83.8 Å². The summed E-state index contributed by atoms with van der Waals surface area (Å²) in [6.45, 7) is 29.3. The lowest BCUT2D eigenvalue weighted by molar-refractivity contribution is 0.00578. The summed E-state index contributed by atoms with van der Waals surface area (Å²) in [5.41, 5.74) is 14.1. The van der Waals surface area contributed by atoms with Crippen molar-refractivity contribution in [3.63, 3.8) is 0 Å². The minimum absolute atomic E-state index is 0.0845. The molecule has 4 fully saturated rings. The summed E-state index contributed by atoms with van der Waals surface area (Å²) in [7, 11) is 5.58. The summed E-state index contributed by atoms with van der Waals surface area (Å²) in [5.74, 6) is 0.868. The third kappa shape index (κ3) is 18.4. The van der Waals surface area contributed by atoms with Crippen LogP contribution in [0.5, 0.6) is 0 Å². The predicted octanol–water partition coefficient (Wildman–Crippen LogP) is 16.7. The number of carbonyl (C=O) groups is 5.